The summed E-state index contributed by atoms with van der Waals surface area (Å²) in [6.07, 6.45) is 0. The Bertz CT molecular complexity index is 1420. The predicted molar refractivity (Wildman–Crippen MR) is 143 cm³/mol. The molecule has 1 unspecified atom stereocenters. The number of carbonyl (C=O) groups is 1. The molecule has 4 aromatic rings. The first kappa shape index (κ1) is 24.4. The van der Waals surface area contributed by atoms with Crippen molar-refractivity contribution in [3.8, 4) is 0 Å². The summed E-state index contributed by atoms with van der Waals surface area (Å²) in [4.78, 5) is 18.0. The van der Waals surface area contributed by atoms with Crippen molar-refractivity contribution in [3.63, 3.8) is 0 Å². The number of ether oxygens (including phenoxy) is 1. The van der Waals surface area contributed by atoms with Gasteiger partial charge in [0.15, 0.2) is 0 Å². The van der Waals surface area contributed by atoms with Gasteiger partial charge in [0.2, 0.25) is 11.1 Å². The maximum Gasteiger partial charge on any atom is 0.338 e. The number of aromatic nitrogens is 3. The Morgan fingerprint density at radius 3 is 2.50 bits per heavy atom. The van der Waals surface area contributed by atoms with Gasteiger partial charge < -0.3 is 10.1 Å². The number of benzene rings is 3. The number of rotatable bonds is 7. The Morgan fingerprint density at radius 2 is 1.75 bits per heavy atom. The van der Waals surface area contributed by atoms with Gasteiger partial charge in [-0.3, -0.25) is 0 Å². The van der Waals surface area contributed by atoms with Crippen LogP contribution in [-0.2, 0) is 21.9 Å². The van der Waals surface area contributed by atoms with Crippen LogP contribution in [0.25, 0.3) is 0 Å². The van der Waals surface area contributed by atoms with Gasteiger partial charge >= 0.3 is 5.97 Å². The van der Waals surface area contributed by atoms with E-state index in [1.54, 1.807) is 16.8 Å². The van der Waals surface area contributed by atoms with Crippen LogP contribution in [0.15, 0.2) is 95.3 Å². The van der Waals surface area contributed by atoms with E-state index in [-0.39, 0.29) is 6.61 Å². The van der Waals surface area contributed by atoms with Crippen LogP contribution in [-0.4, -0.2) is 20.7 Å². The molecule has 1 N–H and O–H groups in total. The van der Waals surface area contributed by atoms with Crippen molar-refractivity contribution in [1.82, 2.24) is 14.8 Å². The quantitative estimate of drug-likeness (QED) is 0.204. The van der Waals surface area contributed by atoms with Crippen LogP contribution in [0, 0.1) is 0 Å². The third-order valence-electron chi connectivity index (χ3n) is 5.77. The molecule has 0 radical (unpaired) electrons. The van der Waals surface area contributed by atoms with E-state index in [0.29, 0.717) is 38.2 Å². The van der Waals surface area contributed by atoms with E-state index in [9.17, 15) is 4.79 Å². The highest BCUT2D eigenvalue weighted by Gasteiger charge is 2.35. The number of fused-ring (bicyclic) bond motifs is 1. The van der Waals surface area contributed by atoms with Crippen molar-refractivity contribution in [3.05, 3.63) is 117 Å². The summed E-state index contributed by atoms with van der Waals surface area (Å²) in [7, 11) is 0. The lowest BCUT2D eigenvalue weighted by Gasteiger charge is -2.28. The van der Waals surface area contributed by atoms with Crippen LogP contribution < -0.4 is 5.32 Å². The SMILES string of the molecule is CC1=C(C(=O)OCc2ccccc2)C(c2ccc(Cl)cc2)n2nc(SCc3ccccc3Cl)nc2N1. The normalized spacial score (nSPS) is 14.8. The standard InChI is InChI=1S/C27H22Cl2N4O2S/c1-17-23(25(34)35-15-18-7-3-2-4-8-18)24(19-11-13-21(28)14-12-19)33-26(30-17)31-27(32-33)36-16-20-9-5-6-10-22(20)29/h2-14,24H,15-16H2,1H3,(H,30,31,32). The van der Waals surface area contributed by atoms with Gasteiger partial charge in [-0.25, -0.2) is 9.48 Å². The fourth-order valence-electron chi connectivity index (χ4n) is 3.97. The first-order chi connectivity index (χ1) is 17.5. The van der Waals surface area contributed by atoms with Crippen molar-refractivity contribution >= 4 is 46.9 Å². The number of hydrogen-bond acceptors (Lipinski definition) is 6. The third-order valence-corrected chi connectivity index (χ3v) is 7.27. The van der Waals surface area contributed by atoms with E-state index in [1.165, 1.54) is 11.8 Å². The highest BCUT2D eigenvalue weighted by Crippen LogP contribution is 2.37. The molecular weight excluding hydrogens is 515 g/mol. The number of nitrogens with one attached hydrogen (secondary N) is 1. The maximum absolute atomic E-state index is 13.4. The van der Waals surface area contributed by atoms with Crippen LogP contribution in [0.5, 0.6) is 0 Å². The van der Waals surface area contributed by atoms with Gasteiger partial charge in [0.25, 0.3) is 0 Å². The molecule has 1 aromatic heterocycles. The van der Waals surface area contributed by atoms with Crippen LogP contribution in [0.2, 0.25) is 10.0 Å². The Hall–Kier alpha value is -3.26. The van der Waals surface area contributed by atoms with E-state index < -0.39 is 12.0 Å². The Balaban J connectivity index is 1.45. The molecule has 36 heavy (non-hydrogen) atoms. The Labute approximate surface area is 223 Å². The van der Waals surface area contributed by atoms with Gasteiger partial charge in [0.05, 0.1) is 5.57 Å². The first-order valence-corrected chi connectivity index (χ1v) is 13.0. The van der Waals surface area contributed by atoms with Gasteiger partial charge in [-0.2, -0.15) is 4.98 Å². The molecule has 1 aliphatic rings. The lowest BCUT2D eigenvalue weighted by molar-refractivity contribution is -0.140. The second kappa shape index (κ2) is 10.8. The number of halogens is 2. The maximum atomic E-state index is 13.4. The first-order valence-electron chi connectivity index (χ1n) is 11.3. The summed E-state index contributed by atoms with van der Waals surface area (Å²) in [6, 6.07) is 24.1. The average molecular weight is 537 g/mol. The largest absolute Gasteiger partial charge is 0.457 e. The molecule has 0 spiro atoms. The summed E-state index contributed by atoms with van der Waals surface area (Å²) in [6.45, 7) is 2.02. The molecule has 2 heterocycles. The van der Waals surface area contributed by atoms with E-state index in [0.717, 1.165) is 16.7 Å². The van der Waals surface area contributed by atoms with Crippen LogP contribution in [0.3, 0.4) is 0 Å². The molecule has 3 aromatic carbocycles. The average Bonchev–Trinajstić information content (AvgIpc) is 3.29. The van der Waals surface area contributed by atoms with Crippen molar-refractivity contribution < 1.29 is 9.53 Å². The smallest absolute Gasteiger partial charge is 0.338 e. The van der Waals surface area contributed by atoms with E-state index in [2.05, 4.69) is 10.3 Å². The van der Waals surface area contributed by atoms with Gasteiger partial charge in [-0.05, 0) is 41.8 Å². The molecule has 0 amide bonds. The number of hydrogen-bond donors (Lipinski definition) is 1. The Kier molecular flexibility index (Phi) is 7.32. The second-order valence-electron chi connectivity index (χ2n) is 8.22. The monoisotopic (exact) mass is 536 g/mol. The van der Waals surface area contributed by atoms with Crippen molar-refractivity contribution in [2.45, 2.75) is 30.5 Å². The number of esters is 1. The highest BCUT2D eigenvalue weighted by atomic mass is 35.5. The molecule has 0 fully saturated rings. The van der Waals surface area contributed by atoms with Gasteiger partial charge in [-0.15, -0.1) is 5.10 Å². The van der Waals surface area contributed by atoms with E-state index in [1.807, 2.05) is 73.7 Å². The predicted octanol–water partition coefficient (Wildman–Crippen LogP) is 6.91. The second-order valence-corrected chi connectivity index (χ2v) is 10.0. The van der Waals surface area contributed by atoms with Crippen molar-refractivity contribution in [2.75, 3.05) is 5.32 Å². The molecule has 0 aliphatic carbocycles. The fraction of sp³-hybridized carbons (Fsp3) is 0.148. The molecule has 1 atom stereocenters. The number of allylic oxidation sites excluding steroid dienone is 1. The molecule has 0 saturated heterocycles. The van der Waals surface area contributed by atoms with Gasteiger partial charge in [0, 0.05) is 21.5 Å². The number of anilines is 1. The molecule has 9 heteroatoms. The number of carbonyl (C=O) groups excluding carboxylic acids is 1. The molecule has 182 valence electrons. The van der Waals surface area contributed by atoms with Crippen molar-refractivity contribution in [1.29, 1.82) is 0 Å². The highest BCUT2D eigenvalue weighted by molar-refractivity contribution is 7.98. The minimum absolute atomic E-state index is 0.174. The zero-order chi connectivity index (χ0) is 25.1. The summed E-state index contributed by atoms with van der Waals surface area (Å²) in [5.74, 6) is 0.747. The zero-order valence-electron chi connectivity index (χ0n) is 19.3. The fourth-order valence-corrected chi connectivity index (χ4v) is 5.21. The summed E-state index contributed by atoms with van der Waals surface area (Å²) < 4.78 is 7.44. The van der Waals surface area contributed by atoms with Crippen LogP contribution >= 0.6 is 35.0 Å². The Morgan fingerprint density at radius 1 is 1.03 bits per heavy atom. The van der Waals surface area contributed by atoms with Crippen LogP contribution in [0.4, 0.5) is 5.95 Å². The molecule has 1 aliphatic heterocycles. The van der Waals surface area contributed by atoms with E-state index in [4.69, 9.17) is 33.0 Å². The summed E-state index contributed by atoms with van der Waals surface area (Å²) in [5.41, 5.74) is 3.89. The summed E-state index contributed by atoms with van der Waals surface area (Å²) in [5, 5.41) is 9.86. The molecule has 6 nitrogen and oxygen atoms in total. The van der Waals surface area contributed by atoms with E-state index >= 15 is 0 Å². The van der Waals surface area contributed by atoms with Gasteiger partial charge in [0.1, 0.15) is 12.6 Å². The molecule has 0 bridgehead atoms. The zero-order valence-corrected chi connectivity index (χ0v) is 21.6. The third kappa shape index (κ3) is 5.28. The topological polar surface area (TPSA) is 69.0 Å². The minimum atomic E-state index is -0.524. The van der Waals surface area contributed by atoms with Crippen molar-refractivity contribution in [2.24, 2.45) is 0 Å². The molecular formula is C27H22Cl2N4O2S. The lowest BCUT2D eigenvalue weighted by Crippen LogP contribution is -2.29. The van der Waals surface area contributed by atoms with Crippen LogP contribution in [0.1, 0.15) is 29.7 Å². The van der Waals surface area contributed by atoms with Gasteiger partial charge in [-0.1, -0.05) is 95.6 Å². The molecule has 5 rings (SSSR count). The lowest BCUT2D eigenvalue weighted by atomic mass is 9.96. The molecule has 0 saturated carbocycles. The number of nitrogens with zero attached hydrogens (tertiary/aromatic N) is 3. The number of thioether (sulfide) groups is 1. The minimum Gasteiger partial charge on any atom is -0.457 e. The summed E-state index contributed by atoms with van der Waals surface area (Å²) >= 11 is 13.9.